The molecule has 1 aromatic carbocycles. The Bertz CT molecular complexity index is 618. The molecule has 1 aromatic rings. The molecule has 144 valence electrons. The van der Waals surface area contributed by atoms with Gasteiger partial charge in [-0.1, -0.05) is 31.5 Å². The molecule has 0 spiro atoms. The molecule has 0 saturated carbocycles. The van der Waals surface area contributed by atoms with Crippen molar-refractivity contribution in [1.29, 1.82) is 0 Å². The van der Waals surface area contributed by atoms with Crippen LogP contribution in [0.2, 0.25) is 5.02 Å². The normalized spacial score (nSPS) is 25.3. The number of carbonyl (C=O) groups excluding carboxylic acids is 1. The maximum absolute atomic E-state index is 12.5. The van der Waals surface area contributed by atoms with Crippen LogP contribution in [-0.4, -0.2) is 48.6 Å². The quantitative estimate of drug-likeness (QED) is 0.815. The van der Waals surface area contributed by atoms with Crippen LogP contribution in [0.15, 0.2) is 18.2 Å². The molecule has 0 unspecified atom stereocenters. The monoisotopic (exact) mass is 377 g/mol. The number of anilines is 1. The molecule has 3 rings (SSSR count). The Morgan fingerprint density at radius 3 is 2.46 bits per heavy atom. The SMILES string of the molecule is Cc1ccc(NC(=O)N2CCC(CN3C[C@@H](C)C[C@H](C)C3)CC2)c(Cl)c1. The Kier molecular flexibility index (Phi) is 6.46. The molecule has 2 heterocycles. The van der Waals surface area contributed by atoms with E-state index in [1.54, 1.807) is 0 Å². The summed E-state index contributed by atoms with van der Waals surface area (Å²) in [6.07, 6.45) is 3.54. The lowest BCUT2D eigenvalue weighted by Gasteiger charge is -2.39. The second-order valence-electron chi connectivity index (χ2n) is 8.51. The summed E-state index contributed by atoms with van der Waals surface area (Å²) >= 11 is 6.23. The molecule has 0 radical (unpaired) electrons. The van der Waals surface area contributed by atoms with Gasteiger partial charge in [-0.3, -0.25) is 0 Å². The number of benzene rings is 1. The van der Waals surface area contributed by atoms with E-state index in [9.17, 15) is 4.79 Å². The number of urea groups is 1. The van der Waals surface area contributed by atoms with Crippen molar-refractivity contribution >= 4 is 23.3 Å². The van der Waals surface area contributed by atoms with Gasteiger partial charge in [0.25, 0.3) is 0 Å². The van der Waals surface area contributed by atoms with Crippen molar-refractivity contribution in [2.45, 2.75) is 40.0 Å². The molecule has 2 aliphatic rings. The second-order valence-corrected chi connectivity index (χ2v) is 8.92. The Morgan fingerprint density at radius 1 is 1.19 bits per heavy atom. The summed E-state index contributed by atoms with van der Waals surface area (Å²) in [4.78, 5) is 17.1. The van der Waals surface area contributed by atoms with Crippen molar-refractivity contribution in [3.63, 3.8) is 0 Å². The Balaban J connectivity index is 1.46. The zero-order valence-electron chi connectivity index (χ0n) is 16.3. The first kappa shape index (κ1) is 19.5. The molecule has 0 bridgehead atoms. The van der Waals surface area contributed by atoms with Gasteiger partial charge in [-0.25, -0.2) is 4.79 Å². The highest BCUT2D eigenvalue weighted by atomic mass is 35.5. The van der Waals surface area contributed by atoms with Crippen LogP contribution in [0.25, 0.3) is 0 Å². The van der Waals surface area contributed by atoms with Gasteiger partial charge in [0.1, 0.15) is 0 Å². The van der Waals surface area contributed by atoms with Crippen LogP contribution < -0.4 is 5.32 Å². The predicted molar refractivity (Wildman–Crippen MR) is 109 cm³/mol. The molecule has 4 nitrogen and oxygen atoms in total. The number of hydrogen-bond donors (Lipinski definition) is 1. The minimum Gasteiger partial charge on any atom is -0.325 e. The van der Waals surface area contributed by atoms with E-state index in [0.29, 0.717) is 16.6 Å². The zero-order chi connectivity index (χ0) is 18.7. The van der Waals surface area contributed by atoms with Crippen LogP contribution in [0.4, 0.5) is 10.5 Å². The van der Waals surface area contributed by atoms with Gasteiger partial charge in [-0.05, 0) is 61.6 Å². The van der Waals surface area contributed by atoms with Crippen molar-refractivity contribution in [3.8, 4) is 0 Å². The Labute approximate surface area is 162 Å². The highest BCUT2D eigenvalue weighted by molar-refractivity contribution is 6.33. The van der Waals surface area contributed by atoms with E-state index >= 15 is 0 Å². The zero-order valence-corrected chi connectivity index (χ0v) is 17.1. The average molecular weight is 378 g/mol. The molecular weight excluding hydrogens is 346 g/mol. The summed E-state index contributed by atoms with van der Waals surface area (Å²) < 4.78 is 0. The van der Waals surface area contributed by atoms with Gasteiger partial charge in [0.2, 0.25) is 0 Å². The highest BCUT2D eigenvalue weighted by Crippen LogP contribution is 2.26. The van der Waals surface area contributed by atoms with Gasteiger partial charge in [0, 0.05) is 32.7 Å². The first-order valence-electron chi connectivity index (χ1n) is 9.95. The van der Waals surface area contributed by atoms with Gasteiger partial charge in [0.05, 0.1) is 10.7 Å². The van der Waals surface area contributed by atoms with E-state index in [4.69, 9.17) is 11.6 Å². The number of aryl methyl sites for hydroxylation is 1. The molecular formula is C21H32ClN3O. The van der Waals surface area contributed by atoms with Crippen molar-refractivity contribution < 1.29 is 4.79 Å². The molecule has 2 saturated heterocycles. The molecule has 2 atom stereocenters. The summed E-state index contributed by atoms with van der Waals surface area (Å²) in [6.45, 7) is 12.0. The van der Waals surface area contributed by atoms with Crippen LogP contribution in [0, 0.1) is 24.7 Å². The second kappa shape index (κ2) is 8.62. The van der Waals surface area contributed by atoms with E-state index in [1.807, 2.05) is 30.0 Å². The van der Waals surface area contributed by atoms with Crippen LogP contribution >= 0.6 is 11.6 Å². The fourth-order valence-electron chi connectivity index (χ4n) is 4.54. The molecule has 2 amide bonds. The highest BCUT2D eigenvalue weighted by Gasteiger charge is 2.27. The minimum absolute atomic E-state index is 0.0329. The summed E-state index contributed by atoms with van der Waals surface area (Å²) in [5, 5.41) is 3.56. The van der Waals surface area contributed by atoms with E-state index in [0.717, 1.165) is 43.3 Å². The number of rotatable bonds is 3. The summed E-state index contributed by atoms with van der Waals surface area (Å²) in [7, 11) is 0. The lowest BCUT2D eigenvalue weighted by Crippen LogP contribution is -2.46. The van der Waals surface area contributed by atoms with E-state index in [2.05, 4.69) is 24.1 Å². The largest absolute Gasteiger partial charge is 0.325 e. The standard InChI is InChI=1S/C21H32ClN3O/c1-15-4-5-20(19(22)11-15)23-21(26)25-8-6-18(7-9-25)14-24-12-16(2)10-17(3)13-24/h4-5,11,16-18H,6-10,12-14H2,1-3H3,(H,23,26)/t16-,17-/m0/s1. The third kappa shape index (κ3) is 5.14. The number of likely N-dealkylation sites (tertiary alicyclic amines) is 2. The number of piperidine rings is 2. The lowest BCUT2D eigenvalue weighted by atomic mass is 9.89. The first-order valence-corrected chi connectivity index (χ1v) is 10.3. The van der Waals surface area contributed by atoms with E-state index < -0.39 is 0 Å². The van der Waals surface area contributed by atoms with E-state index in [1.165, 1.54) is 26.1 Å². The summed E-state index contributed by atoms with van der Waals surface area (Å²) in [5.41, 5.74) is 1.79. The summed E-state index contributed by atoms with van der Waals surface area (Å²) in [6, 6.07) is 5.69. The fraction of sp³-hybridized carbons (Fsp3) is 0.667. The molecule has 2 fully saturated rings. The molecule has 0 aliphatic carbocycles. The van der Waals surface area contributed by atoms with Gasteiger partial charge in [-0.15, -0.1) is 0 Å². The van der Waals surface area contributed by atoms with Crippen LogP contribution in [0.3, 0.4) is 0 Å². The first-order chi connectivity index (χ1) is 12.4. The van der Waals surface area contributed by atoms with Gasteiger partial charge < -0.3 is 15.1 Å². The number of halogens is 1. The number of hydrogen-bond acceptors (Lipinski definition) is 2. The number of nitrogens with one attached hydrogen (secondary N) is 1. The Morgan fingerprint density at radius 2 is 1.85 bits per heavy atom. The number of amides is 2. The fourth-order valence-corrected chi connectivity index (χ4v) is 4.82. The third-order valence-corrected chi connectivity index (χ3v) is 6.04. The van der Waals surface area contributed by atoms with Crippen molar-refractivity contribution in [2.24, 2.45) is 17.8 Å². The molecule has 26 heavy (non-hydrogen) atoms. The molecule has 1 N–H and O–H groups in total. The van der Waals surface area contributed by atoms with E-state index in [-0.39, 0.29) is 6.03 Å². The van der Waals surface area contributed by atoms with Gasteiger partial charge in [0.15, 0.2) is 0 Å². The third-order valence-electron chi connectivity index (χ3n) is 5.73. The van der Waals surface area contributed by atoms with Crippen molar-refractivity contribution in [1.82, 2.24) is 9.80 Å². The van der Waals surface area contributed by atoms with Gasteiger partial charge >= 0.3 is 6.03 Å². The molecule has 5 heteroatoms. The van der Waals surface area contributed by atoms with Crippen molar-refractivity contribution in [2.75, 3.05) is 38.0 Å². The molecule has 2 aliphatic heterocycles. The van der Waals surface area contributed by atoms with Crippen molar-refractivity contribution in [3.05, 3.63) is 28.8 Å². The van der Waals surface area contributed by atoms with Gasteiger partial charge in [-0.2, -0.15) is 0 Å². The maximum Gasteiger partial charge on any atom is 0.321 e. The minimum atomic E-state index is -0.0329. The van der Waals surface area contributed by atoms with Crippen LogP contribution in [0.1, 0.15) is 38.7 Å². The maximum atomic E-state index is 12.5. The number of nitrogens with zero attached hydrogens (tertiary/aromatic N) is 2. The van der Waals surface area contributed by atoms with Crippen LogP contribution in [-0.2, 0) is 0 Å². The lowest BCUT2D eigenvalue weighted by molar-refractivity contribution is 0.101. The average Bonchev–Trinajstić information content (AvgIpc) is 2.57. The summed E-state index contributed by atoms with van der Waals surface area (Å²) in [5.74, 6) is 2.33. The number of carbonyl (C=O) groups is 1. The Hall–Kier alpha value is -1.26. The molecule has 0 aromatic heterocycles. The van der Waals surface area contributed by atoms with Crippen LogP contribution in [0.5, 0.6) is 0 Å². The smallest absolute Gasteiger partial charge is 0.321 e. The topological polar surface area (TPSA) is 35.6 Å². The predicted octanol–water partition coefficient (Wildman–Crippen LogP) is 4.87.